The Labute approximate surface area is 169 Å². The Hall–Kier alpha value is -2.76. The Bertz CT molecular complexity index is 784. The fourth-order valence-corrected chi connectivity index (χ4v) is 3.59. The molecule has 0 amide bonds. The minimum absolute atomic E-state index is 0.0455. The fourth-order valence-electron chi connectivity index (χ4n) is 2.81. The molecular weight excluding hydrogens is 376 g/mol. The standard InChI is InChI=1S/C16H15N3O3.C4H9NS/c1-3-7-22-16(21)13-10(2)19-15(20)12(8-17)14(13)11-5-4-6-18-9-11;1-2-4-6-5-3-1/h3-6,9,14,19-20H,1,7H2,2H3;5H,1-4H2. The molecule has 1 aromatic rings. The molecule has 8 heteroatoms. The molecule has 0 aliphatic carbocycles. The van der Waals surface area contributed by atoms with E-state index in [1.165, 1.54) is 31.2 Å². The third-order valence-electron chi connectivity index (χ3n) is 4.11. The molecule has 148 valence electrons. The number of dihydropyridines is 1. The van der Waals surface area contributed by atoms with Crippen LogP contribution in [-0.2, 0) is 9.53 Å². The third-order valence-corrected chi connectivity index (χ3v) is 5.01. The number of hydrogen-bond donors (Lipinski definition) is 3. The number of esters is 1. The van der Waals surface area contributed by atoms with E-state index in [1.807, 2.05) is 18.0 Å². The maximum Gasteiger partial charge on any atom is 0.337 e. The van der Waals surface area contributed by atoms with E-state index in [0.717, 1.165) is 0 Å². The average Bonchev–Trinajstić information content (AvgIpc) is 2.74. The molecule has 1 unspecified atom stereocenters. The first-order chi connectivity index (χ1) is 13.6. The Balaban J connectivity index is 0.000000397. The van der Waals surface area contributed by atoms with Crippen molar-refractivity contribution in [1.82, 2.24) is 15.0 Å². The zero-order valence-corrected chi connectivity index (χ0v) is 16.6. The number of ether oxygens (including phenoxy) is 1. The number of nitriles is 1. The van der Waals surface area contributed by atoms with Crippen LogP contribution in [0.1, 0.15) is 31.2 Å². The molecule has 3 rings (SSSR count). The SMILES string of the molecule is C1CCSNC1.C=CCOC(=O)C1=C(C)NC(O)=C(C#N)C1c1cccnc1. The van der Waals surface area contributed by atoms with Crippen LogP contribution in [-0.4, -0.2) is 35.0 Å². The molecule has 1 fully saturated rings. The molecule has 0 spiro atoms. The van der Waals surface area contributed by atoms with Crippen LogP contribution in [0.25, 0.3) is 0 Å². The van der Waals surface area contributed by atoms with Gasteiger partial charge < -0.3 is 15.2 Å². The summed E-state index contributed by atoms with van der Waals surface area (Å²) in [5.74, 6) is -0.259. The van der Waals surface area contributed by atoms with Crippen molar-refractivity contribution >= 4 is 17.9 Å². The Kier molecular flexibility index (Phi) is 8.59. The van der Waals surface area contributed by atoms with Crippen LogP contribution in [0.5, 0.6) is 0 Å². The van der Waals surface area contributed by atoms with Crippen LogP contribution in [0.4, 0.5) is 0 Å². The maximum absolute atomic E-state index is 12.3. The molecule has 0 bridgehead atoms. The summed E-state index contributed by atoms with van der Waals surface area (Å²) in [4.78, 5) is 16.3. The van der Waals surface area contributed by atoms with Crippen molar-refractivity contribution in [2.45, 2.75) is 25.7 Å². The predicted octanol–water partition coefficient (Wildman–Crippen LogP) is 3.08. The highest BCUT2D eigenvalue weighted by atomic mass is 32.2. The lowest BCUT2D eigenvalue weighted by atomic mass is 9.83. The molecule has 3 heterocycles. The van der Waals surface area contributed by atoms with Crippen molar-refractivity contribution in [1.29, 1.82) is 5.26 Å². The monoisotopic (exact) mass is 400 g/mol. The minimum atomic E-state index is -0.725. The lowest BCUT2D eigenvalue weighted by Crippen LogP contribution is -2.29. The Morgan fingerprint density at radius 3 is 2.89 bits per heavy atom. The number of allylic oxidation sites excluding steroid dienone is 2. The molecule has 7 nitrogen and oxygen atoms in total. The number of aliphatic hydroxyl groups excluding tert-OH is 1. The van der Waals surface area contributed by atoms with E-state index in [2.05, 4.69) is 21.6 Å². The van der Waals surface area contributed by atoms with Crippen molar-refractivity contribution in [3.8, 4) is 6.07 Å². The molecule has 1 aromatic heterocycles. The number of aliphatic hydroxyl groups is 1. The number of aromatic nitrogens is 1. The van der Waals surface area contributed by atoms with Gasteiger partial charge in [-0.3, -0.25) is 9.71 Å². The summed E-state index contributed by atoms with van der Waals surface area (Å²) in [6, 6.07) is 5.38. The van der Waals surface area contributed by atoms with Crippen LogP contribution >= 0.6 is 11.9 Å². The molecule has 2 aliphatic rings. The van der Waals surface area contributed by atoms with Crippen LogP contribution < -0.4 is 10.0 Å². The number of carbonyl (C=O) groups is 1. The molecule has 1 atom stereocenters. The molecule has 28 heavy (non-hydrogen) atoms. The van der Waals surface area contributed by atoms with E-state index in [0.29, 0.717) is 11.3 Å². The lowest BCUT2D eigenvalue weighted by molar-refractivity contribution is -0.138. The second-order valence-electron chi connectivity index (χ2n) is 6.09. The average molecular weight is 401 g/mol. The van der Waals surface area contributed by atoms with Crippen molar-refractivity contribution in [3.05, 3.63) is 65.5 Å². The molecule has 0 saturated carbocycles. The first-order valence-electron chi connectivity index (χ1n) is 8.93. The molecule has 1 saturated heterocycles. The molecule has 0 aromatic carbocycles. The number of nitrogens with zero attached hydrogens (tertiary/aromatic N) is 2. The van der Waals surface area contributed by atoms with Gasteiger partial charge in [-0.05, 0) is 31.4 Å². The summed E-state index contributed by atoms with van der Waals surface area (Å²) in [5.41, 5.74) is 1.37. The molecule has 0 radical (unpaired) electrons. The lowest BCUT2D eigenvalue weighted by Gasteiger charge is -2.26. The topological polar surface area (TPSA) is 107 Å². The molecule has 2 aliphatic heterocycles. The van der Waals surface area contributed by atoms with Gasteiger partial charge in [0, 0.05) is 30.4 Å². The number of hydrogen-bond acceptors (Lipinski definition) is 8. The van der Waals surface area contributed by atoms with E-state index in [4.69, 9.17) is 4.74 Å². The van der Waals surface area contributed by atoms with Gasteiger partial charge in [-0.15, -0.1) is 0 Å². The predicted molar refractivity (Wildman–Crippen MR) is 109 cm³/mol. The van der Waals surface area contributed by atoms with Crippen molar-refractivity contribution in [3.63, 3.8) is 0 Å². The summed E-state index contributed by atoms with van der Waals surface area (Å²) >= 11 is 1.84. The first-order valence-corrected chi connectivity index (χ1v) is 9.92. The van der Waals surface area contributed by atoms with Gasteiger partial charge in [0.2, 0.25) is 5.88 Å². The van der Waals surface area contributed by atoms with Crippen molar-refractivity contribution < 1.29 is 14.6 Å². The van der Waals surface area contributed by atoms with Gasteiger partial charge in [0.25, 0.3) is 0 Å². The van der Waals surface area contributed by atoms with Gasteiger partial charge in [0.1, 0.15) is 18.2 Å². The van der Waals surface area contributed by atoms with Crippen LogP contribution in [0.2, 0.25) is 0 Å². The third kappa shape index (κ3) is 5.62. The van der Waals surface area contributed by atoms with E-state index in [1.54, 1.807) is 31.5 Å². The van der Waals surface area contributed by atoms with Crippen molar-refractivity contribution in [2.75, 3.05) is 18.9 Å². The molecule has 3 N–H and O–H groups in total. The minimum Gasteiger partial charge on any atom is -0.494 e. The molecular formula is C20H24N4O3S. The van der Waals surface area contributed by atoms with Crippen molar-refractivity contribution in [2.24, 2.45) is 0 Å². The van der Waals surface area contributed by atoms with Gasteiger partial charge in [-0.25, -0.2) is 4.79 Å². The number of pyridine rings is 1. The second kappa shape index (κ2) is 11.2. The summed E-state index contributed by atoms with van der Waals surface area (Å²) in [6.45, 7) is 6.41. The summed E-state index contributed by atoms with van der Waals surface area (Å²) < 4.78 is 8.29. The van der Waals surface area contributed by atoms with E-state index >= 15 is 0 Å². The normalized spacial score (nSPS) is 18.9. The quantitative estimate of drug-likeness (QED) is 0.402. The van der Waals surface area contributed by atoms with Gasteiger partial charge in [-0.1, -0.05) is 30.7 Å². The van der Waals surface area contributed by atoms with Crippen LogP contribution in [0, 0.1) is 11.3 Å². The highest BCUT2D eigenvalue weighted by Gasteiger charge is 2.35. The Morgan fingerprint density at radius 2 is 2.39 bits per heavy atom. The van der Waals surface area contributed by atoms with Gasteiger partial charge >= 0.3 is 5.97 Å². The van der Waals surface area contributed by atoms with Crippen LogP contribution in [0.15, 0.2) is 59.9 Å². The maximum atomic E-state index is 12.3. The summed E-state index contributed by atoms with van der Waals surface area (Å²) in [6.07, 6.45) is 7.37. The fraction of sp³-hybridized carbons (Fsp3) is 0.350. The van der Waals surface area contributed by atoms with E-state index in [-0.39, 0.29) is 23.6 Å². The van der Waals surface area contributed by atoms with Gasteiger partial charge in [0.05, 0.1) is 11.5 Å². The summed E-state index contributed by atoms with van der Waals surface area (Å²) in [7, 11) is 0. The first kappa shape index (κ1) is 21.5. The zero-order valence-electron chi connectivity index (χ0n) is 15.8. The highest BCUT2D eigenvalue weighted by molar-refractivity contribution is 7.97. The largest absolute Gasteiger partial charge is 0.494 e. The van der Waals surface area contributed by atoms with Crippen LogP contribution in [0.3, 0.4) is 0 Å². The smallest absolute Gasteiger partial charge is 0.337 e. The number of rotatable bonds is 4. The number of nitrogens with one attached hydrogen (secondary N) is 2. The van der Waals surface area contributed by atoms with Gasteiger partial charge in [0.15, 0.2) is 0 Å². The Morgan fingerprint density at radius 1 is 1.57 bits per heavy atom. The second-order valence-corrected chi connectivity index (χ2v) is 7.08. The highest BCUT2D eigenvalue weighted by Crippen LogP contribution is 2.37. The van der Waals surface area contributed by atoms with E-state index < -0.39 is 11.9 Å². The summed E-state index contributed by atoms with van der Waals surface area (Å²) in [5, 5.41) is 21.9. The number of carbonyl (C=O) groups excluding carboxylic acids is 1. The zero-order chi connectivity index (χ0) is 20.4. The van der Waals surface area contributed by atoms with E-state index in [9.17, 15) is 15.2 Å². The van der Waals surface area contributed by atoms with Gasteiger partial charge in [-0.2, -0.15) is 5.26 Å².